The smallest absolute Gasteiger partial charge is 0.389 e. The number of likely N-dealkylation sites (tertiary alicyclic amines) is 1. The molecule has 15 heteroatoms. The number of halogens is 3. The van der Waals surface area contributed by atoms with Gasteiger partial charge in [-0.3, -0.25) is 19.2 Å². The second-order valence-electron chi connectivity index (χ2n) is 16.0. The van der Waals surface area contributed by atoms with Crippen molar-refractivity contribution in [2.75, 3.05) is 13.1 Å². The molecule has 1 aliphatic heterocycles. The Labute approximate surface area is 298 Å². The van der Waals surface area contributed by atoms with Gasteiger partial charge in [-0.15, -0.1) is 6.58 Å². The van der Waals surface area contributed by atoms with Crippen LogP contribution in [0.4, 0.5) is 18.0 Å². The predicted molar refractivity (Wildman–Crippen MR) is 183 cm³/mol. The van der Waals surface area contributed by atoms with Crippen molar-refractivity contribution in [1.82, 2.24) is 26.2 Å². The molecule has 51 heavy (non-hydrogen) atoms. The van der Waals surface area contributed by atoms with E-state index in [1.165, 1.54) is 11.0 Å². The molecule has 3 fully saturated rings. The lowest BCUT2D eigenvalue weighted by molar-refractivity contribution is -0.155. The summed E-state index contributed by atoms with van der Waals surface area (Å²) in [6.07, 6.45) is -1.45. The fraction of sp³-hybridized carbons (Fsp3) is 0.778. The normalized spacial score (nSPS) is 21.2. The minimum atomic E-state index is -4.66. The van der Waals surface area contributed by atoms with E-state index >= 15 is 0 Å². The van der Waals surface area contributed by atoms with Gasteiger partial charge in [0.25, 0.3) is 5.91 Å². The van der Waals surface area contributed by atoms with Gasteiger partial charge in [-0.1, -0.05) is 54.5 Å². The van der Waals surface area contributed by atoms with Gasteiger partial charge in [0, 0.05) is 19.5 Å². The van der Waals surface area contributed by atoms with Gasteiger partial charge in [-0.2, -0.15) is 13.2 Å². The quantitative estimate of drug-likeness (QED) is 0.0999. The van der Waals surface area contributed by atoms with Crippen molar-refractivity contribution in [3.8, 4) is 0 Å². The number of nitrogens with zero attached hydrogens (tertiary/aromatic N) is 1. The van der Waals surface area contributed by atoms with Crippen molar-refractivity contribution in [3.05, 3.63) is 12.7 Å². The van der Waals surface area contributed by atoms with Crippen LogP contribution >= 0.6 is 0 Å². The molecule has 0 spiro atoms. The molecular weight excluding hydrogens is 671 g/mol. The maximum atomic E-state index is 14.3. The topological polar surface area (TPSA) is 163 Å². The summed E-state index contributed by atoms with van der Waals surface area (Å²) < 4.78 is 45.5. The van der Waals surface area contributed by atoms with Gasteiger partial charge in [0.2, 0.25) is 17.6 Å². The Morgan fingerprint density at radius 2 is 1.49 bits per heavy atom. The van der Waals surface area contributed by atoms with E-state index < -0.39 is 90.0 Å². The Morgan fingerprint density at radius 1 is 0.902 bits per heavy atom. The SMILES string of the molecule is C=CCNC(=O)C(=O)C(CCC(F)(F)F)NC(=O)[C@@H]1C(C(C)C)CCN1C(=O)[C@@H](NC(=O)N[C@H](C(=O)OC(C1CC1)C1CC1)C(C)C)C(C)(C)C. The average Bonchev–Trinajstić information content (AvgIpc) is 3.97. The summed E-state index contributed by atoms with van der Waals surface area (Å²) in [4.78, 5) is 81.6. The number of amides is 5. The molecule has 0 aromatic heterocycles. The number of Topliss-reactive ketones (excluding diaryl/α,β-unsaturated/α-hetero) is 1. The summed E-state index contributed by atoms with van der Waals surface area (Å²) in [5, 5.41) is 9.98. The van der Waals surface area contributed by atoms with Crippen LogP contribution in [0, 0.1) is 35.0 Å². The number of ether oxygens (including phenoxy) is 1. The van der Waals surface area contributed by atoms with Crippen molar-refractivity contribution in [1.29, 1.82) is 0 Å². The Morgan fingerprint density at radius 3 is 1.96 bits per heavy atom. The minimum absolute atomic E-state index is 0.0985. The molecule has 3 aliphatic rings. The third kappa shape index (κ3) is 11.9. The molecule has 3 rings (SSSR count). The average molecular weight is 728 g/mol. The number of carbonyl (C=O) groups is 6. The van der Waals surface area contributed by atoms with Crippen LogP contribution in [0.3, 0.4) is 0 Å². The molecule has 0 aromatic rings. The predicted octanol–water partition coefficient (Wildman–Crippen LogP) is 4.03. The summed E-state index contributed by atoms with van der Waals surface area (Å²) >= 11 is 0. The summed E-state index contributed by atoms with van der Waals surface area (Å²) in [7, 11) is 0. The van der Waals surface area contributed by atoms with Crippen molar-refractivity contribution in [2.45, 2.75) is 130 Å². The highest BCUT2D eigenvalue weighted by atomic mass is 19.4. The van der Waals surface area contributed by atoms with Crippen LogP contribution in [-0.2, 0) is 28.7 Å². The number of urea groups is 1. The summed E-state index contributed by atoms with van der Waals surface area (Å²) in [5.74, 6) is -4.69. The zero-order valence-electron chi connectivity index (χ0n) is 30.9. The third-order valence-electron chi connectivity index (χ3n) is 9.85. The van der Waals surface area contributed by atoms with Crippen LogP contribution in [-0.4, -0.2) is 89.9 Å². The standard InChI is InChI=1S/C36H56F3N5O7/c1-9-17-40-31(47)27(45)24(14-16-36(37,38)39)41-30(46)26-23(19(2)3)15-18-44(26)32(48)29(35(6,7)8)43-34(50)42-25(20(4)5)33(49)51-28(21-10-11-21)22-12-13-22/h9,19-26,28-29H,1,10-18H2,2-8H3,(H,40,47)(H,41,46)(H2,42,43,50)/t23?,24?,25-,26-,29+/m0/s1. The van der Waals surface area contributed by atoms with Crippen molar-refractivity contribution in [2.24, 2.45) is 35.0 Å². The molecule has 2 aliphatic carbocycles. The van der Waals surface area contributed by atoms with E-state index in [9.17, 15) is 41.9 Å². The van der Waals surface area contributed by atoms with Crippen LogP contribution in [0.15, 0.2) is 12.7 Å². The van der Waals surface area contributed by atoms with E-state index in [1.807, 2.05) is 13.8 Å². The van der Waals surface area contributed by atoms with Gasteiger partial charge >= 0.3 is 18.2 Å². The number of hydrogen-bond acceptors (Lipinski definition) is 7. The minimum Gasteiger partial charge on any atom is -0.460 e. The molecule has 0 radical (unpaired) electrons. The molecule has 0 aromatic carbocycles. The van der Waals surface area contributed by atoms with Gasteiger partial charge in [0.05, 0.1) is 6.04 Å². The molecule has 1 saturated heterocycles. The first-order chi connectivity index (χ1) is 23.7. The molecule has 4 N–H and O–H groups in total. The molecule has 288 valence electrons. The first kappa shape index (κ1) is 41.8. The lowest BCUT2D eigenvalue weighted by Gasteiger charge is -2.37. The van der Waals surface area contributed by atoms with E-state index in [0.717, 1.165) is 25.7 Å². The number of alkyl halides is 3. The summed E-state index contributed by atoms with van der Waals surface area (Å²) in [6.45, 7) is 15.8. The number of esters is 1. The molecular formula is C36H56F3N5O7. The van der Waals surface area contributed by atoms with E-state index in [1.54, 1.807) is 34.6 Å². The fourth-order valence-electron chi connectivity index (χ4n) is 6.60. The van der Waals surface area contributed by atoms with Gasteiger partial charge in [0.1, 0.15) is 24.2 Å². The Hall–Kier alpha value is -3.65. The number of ketones is 1. The van der Waals surface area contributed by atoms with Crippen LogP contribution in [0.2, 0.25) is 0 Å². The largest absolute Gasteiger partial charge is 0.460 e. The van der Waals surface area contributed by atoms with Crippen LogP contribution in [0.25, 0.3) is 0 Å². The Kier molecular flexibility index (Phi) is 14.1. The second-order valence-corrected chi connectivity index (χ2v) is 16.0. The summed E-state index contributed by atoms with van der Waals surface area (Å²) in [5.41, 5.74) is -0.892. The highest BCUT2D eigenvalue weighted by molar-refractivity contribution is 6.38. The van der Waals surface area contributed by atoms with E-state index in [2.05, 4.69) is 27.8 Å². The molecule has 12 nitrogen and oxygen atoms in total. The van der Waals surface area contributed by atoms with E-state index in [0.29, 0.717) is 18.3 Å². The Balaban J connectivity index is 1.81. The molecule has 1 heterocycles. The van der Waals surface area contributed by atoms with Gasteiger partial charge < -0.3 is 30.9 Å². The monoisotopic (exact) mass is 727 g/mol. The third-order valence-corrected chi connectivity index (χ3v) is 9.85. The van der Waals surface area contributed by atoms with Crippen LogP contribution in [0.1, 0.15) is 93.4 Å². The lowest BCUT2D eigenvalue weighted by atomic mass is 9.84. The zero-order valence-corrected chi connectivity index (χ0v) is 30.9. The van der Waals surface area contributed by atoms with Crippen LogP contribution in [0.5, 0.6) is 0 Å². The number of rotatable bonds is 17. The summed E-state index contributed by atoms with van der Waals surface area (Å²) in [6, 6.07) is -5.96. The van der Waals surface area contributed by atoms with E-state index in [4.69, 9.17) is 4.74 Å². The van der Waals surface area contributed by atoms with Gasteiger partial charge in [0.15, 0.2) is 0 Å². The molecule has 2 saturated carbocycles. The van der Waals surface area contributed by atoms with Crippen molar-refractivity contribution < 1.29 is 46.7 Å². The molecule has 2 unspecified atom stereocenters. The van der Waals surface area contributed by atoms with E-state index in [-0.39, 0.29) is 31.0 Å². The number of nitrogens with one attached hydrogen (secondary N) is 4. The second kappa shape index (κ2) is 17.2. The highest BCUT2D eigenvalue weighted by Crippen LogP contribution is 2.46. The first-order valence-electron chi connectivity index (χ1n) is 18.0. The molecule has 0 bridgehead atoms. The molecule has 5 amide bonds. The lowest BCUT2D eigenvalue weighted by Crippen LogP contribution is -2.62. The van der Waals surface area contributed by atoms with Crippen LogP contribution < -0.4 is 21.3 Å². The van der Waals surface area contributed by atoms with Crippen molar-refractivity contribution in [3.63, 3.8) is 0 Å². The maximum absolute atomic E-state index is 14.3. The Bertz CT molecular complexity index is 1290. The fourth-order valence-corrected chi connectivity index (χ4v) is 6.60. The van der Waals surface area contributed by atoms with Gasteiger partial charge in [-0.05, 0) is 73.5 Å². The zero-order chi connectivity index (χ0) is 38.4. The first-order valence-corrected chi connectivity index (χ1v) is 18.0. The highest BCUT2D eigenvalue weighted by Gasteiger charge is 2.49. The van der Waals surface area contributed by atoms with Crippen molar-refractivity contribution >= 4 is 35.5 Å². The number of hydrogen-bond donors (Lipinski definition) is 4. The number of carbonyl (C=O) groups excluding carboxylic acids is 6. The van der Waals surface area contributed by atoms with Gasteiger partial charge in [-0.25, -0.2) is 9.59 Å². The maximum Gasteiger partial charge on any atom is 0.389 e. The molecule has 5 atom stereocenters.